The number of hydrogen-bond acceptors (Lipinski definition) is 7. The summed E-state index contributed by atoms with van der Waals surface area (Å²) in [7, 11) is 0. The molecule has 1 aliphatic carbocycles. The predicted molar refractivity (Wildman–Crippen MR) is 108 cm³/mol. The molecule has 29 heavy (non-hydrogen) atoms. The number of thiophene rings is 1. The van der Waals surface area contributed by atoms with Gasteiger partial charge in [0.25, 0.3) is 11.2 Å². The summed E-state index contributed by atoms with van der Waals surface area (Å²) in [6.07, 6.45) is 5.05. The second kappa shape index (κ2) is 6.66. The molecule has 0 aliphatic heterocycles. The van der Waals surface area contributed by atoms with Crippen molar-refractivity contribution in [1.29, 1.82) is 0 Å². The standard InChI is InChI=1S/C19H16N4O5S/c24-18-16-12-3-1-4-15(12)29-17(16)20-10-21(18)7-2-8-22-13-9-11(23(26)27)5-6-14(13)28-19(22)25/h5-6,9-10H,1-4,7-8H2. The lowest BCUT2D eigenvalue weighted by molar-refractivity contribution is -0.384. The molecule has 3 aromatic heterocycles. The van der Waals surface area contributed by atoms with Crippen molar-refractivity contribution < 1.29 is 9.34 Å². The zero-order chi connectivity index (χ0) is 20.1. The van der Waals surface area contributed by atoms with Gasteiger partial charge in [-0.15, -0.1) is 11.3 Å². The van der Waals surface area contributed by atoms with Crippen LogP contribution in [0.5, 0.6) is 0 Å². The Balaban J connectivity index is 1.42. The minimum atomic E-state index is -0.572. The van der Waals surface area contributed by atoms with Crippen LogP contribution in [0, 0.1) is 10.1 Å². The topological polar surface area (TPSA) is 113 Å². The molecule has 0 saturated heterocycles. The van der Waals surface area contributed by atoms with Crippen molar-refractivity contribution in [3.63, 3.8) is 0 Å². The highest BCUT2D eigenvalue weighted by Gasteiger charge is 2.21. The molecule has 0 atom stereocenters. The number of nitro benzene ring substituents is 1. The highest BCUT2D eigenvalue weighted by molar-refractivity contribution is 7.18. The summed E-state index contributed by atoms with van der Waals surface area (Å²) in [5.41, 5.74) is 1.66. The van der Waals surface area contributed by atoms with E-state index in [-0.39, 0.29) is 17.8 Å². The fourth-order valence-corrected chi connectivity index (χ4v) is 5.17. The summed E-state index contributed by atoms with van der Waals surface area (Å²) in [4.78, 5) is 42.0. The average Bonchev–Trinajstić information content (AvgIpc) is 3.36. The number of nitro groups is 1. The highest BCUT2D eigenvalue weighted by Crippen LogP contribution is 2.34. The van der Waals surface area contributed by atoms with Crippen LogP contribution < -0.4 is 11.3 Å². The van der Waals surface area contributed by atoms with Crippen molar-refractivity contribution in [3.8, 4) is 0 Å². The molecule has 0 N–H and O–H groups in total. The summed E-state index contributed by atoms with van der Waals surface area (Å²) in [6, 6.07) is 4.05. The Kier molecular flexibility index (Phi) is 4.09. The van der Waals surface area contributed by atoms with Crippen LogP contribution in [-0.2, 0) is 25.9 Å². The second-order valence-corrected chi connectivity index (χ2v) is 8.15. The van der Waals surface area contributed by atoms with E-state index < -0.39 is 10.7 Å². The van der Waals surface area contributed by atoms with Crippen molar-refractivity contribution in [2.24, 2.45) is 0 Å². The first-order chi connectivity index (χ1) is 14.0. The molecular formula is C19H16N4O5S. The number of non-ortho nitro benzene ring substituents is 1. The monoisotopic (exact) mass is 412 g/mol. The number of benzene rings is 1. The van der Waals surface area contributed by atoms with Crippen LogP contribution in [0.15, 0.2) is 38.5 Å². The van der Waals surface area contributed by atoms with Crippen LogP contribution in [0.1, 0.15) is 23.3 Å². The zero-order valence-corrected chi connectivity index (χ0v) is 16.1. The van der Waals surface area contributed by atoms with Gasteiger partial charge in [0.2, 0.25) is 0 Å². The normalized spacial score (nSPS) is 13.4. The van der Waals surface area contributed by atoms with Crippen LogP contribution in [-0.4, -0.2) is 19.0 Å². The van der Waals surface area contributed by atoms with E-state index in [9.17, 15) is 19.7 Å². The summed E-state index contributed by atoms with van der Waals surface area (Å²) < 4.78 is 8.10. The minimum Gasteiger partial charge on any atom is -0.408 e. The van der Waals surface area contributed by atoms with Gasteiger partial charge in [-0.05, 0) is 37.3 Å². The molecule has 0 fully saturated rings. The van der Waals surface area contributed by atoms with Crippen LogP contribution in [0.2, 0.25) is 0 Å². The zero-order valence-electron chi connectivity index (χ0n) is 15.3. The van der Waals surface area contributed by atoms with E-state index in [1.54, 1.807) is 22.2 Å². The first kappa shape index (κ1) is 17.8. The van der Waals surface area contributed by atoms with Gasteiger partial charge < -0.3 is 4.42 Å². The summed E-state index contributed by atoms with van der Waals surface area (Å²) in [6.45, 7) is 0.666. The molecule has 0 amide bonds. The lowest BCUT2D eigenvalue weighted by Crippen LogP contribution is -2.22. The quantitative estimate of drug-likeness (QED) is 0.368. The van der Waals surface area contributed by atoms with Gasteiger partial charge in [0, 0.05) is 30.1 Å². The van der Waals surface area contributed by atoms with Gasteiger partial charge in [-0.2, -0.15) is 0 Å². The molecule has 0 saturated carbocycles. The van der Waals surface area contributed by atoms with E-state index in [0.29, 0.717) is 24.1 Å². The Bertz CT molecular complexity index is 1390. The fraction of sp³-hybridized carbons (Fsp3) is 0.316. The maximum atomic E-state index is 12.9. The van der Waals surface area contributed by atoms with Gasteiger partial charge in [-0.1, -0.05) is 0 Å². The number of aryl methyl sites for hydroxylation is 4. The van der Waals surface area contributed by atoms with Crippen molar-refractivity contribution in [1.82, 2.24) is 14.1 Å². The molecule has 10 heteroatoms. The van der Waals surface area contributed by atoms with E-state index in [1.807, 2.05) is 0 Å². The molecule has 5 rings (SSSR count). The Hall–Kier alpha value is -3.27. The molecule has 0 spiro atoms. The molecule has 0 unspecified atom stereocenters. The number of fused-ring (bicyclic) bond motifs is 4. The predicted octanol–water partition coefficient (Wildman–Crippen LogP) is 2.85. The van der Waals surface area contributed by atoms with Crippen LogP contribution in [0.3, 0.4) is 0 Å². The van der Waals surface area contributed by atoms with Crippen LogP contribution in [0.4, 0.5) is 5.69 Å². The fourth-order valence-electron chi connectivity index (χ4n) is 3.95. The van der Waals surface area contributed by atoms with Gasteiger partial charge in [0.05, 0.1) is 22.2 Å². The van der Waals surface area contributed by atoms with Crippen molar-refractivity contribution in [2.45, 2.75) is 38.8 Å². The summed E-state index contributed by atoms with van der Waals surface area (Å²) in [5, 5.41) is 11.7. The summed E-state index contributed by atoms with van der Waals surface area (Å²) in [5.74, 6) is -0.572. The lowest BCUT2D eigenvalue weighted by Gasteiger charge is -2.06. The molecule has 0 bridgehead atoms. The molecule has 3 heterocycles. The van der Waals surface area contributed by atoms with Crippen molar-refractivity contribution in [2.75, 3.05) is 0 Å². The van der Waals surface area contributed by atoms with Crippen LogP contribution in [0.25, 0.3) is 21.3 Å². The Labute approximate surface area is 167 Å². The van der Waals surface area contributed by atoms with Crippen LogP contribution >= 0.6 is 11.3 Å². The number of hydrogen-bond donors (Lipinski definition) is 0. The number of aromatic nitrogens is 3. The number of rotatable bonds is 5. The van der Waals surface area contributed by atoms with Crippen molar-refractivity contribution >= 4 is 38.3 Å². The minimum absolute atomic E-state index is 0.0468. The van der Waals surface area contributed by atoms with E-state index in [4.69, 9.17) is 4.42 Å². The molecule has 4 aromatic rings. The van der Waals surface area contributed by atoms with E-state index >= 15 is 0 Å². The first-order valence-corrected chi connectivity index (χ1v) is 10.1. The molecule has 0 radical (unpaired) electrons. The molecule has 1 aromatic carbocycles. The average molecular weight is 412 g/mol. The van der Waals surface area contributed by atoms with Gasteiger partial charge in [-0.3, -0.25) is 24.0 Å². The van der Waals surface area contributed by atoms with Gasteiger partial charge in [-0.25, -0.2) is 9.78 Å². The van der Waals surface area contributed by atoms with E-state index in [2.05, 4.69) is 4.98 Å². The first-order valence-electron chi connectivity index (χ1n) is 9.30. The maximum absolute atomic E-state index is 12.9. The third-order valence-electron chi connectivity index (χ3n) is 5.33. The molecule has 9 nitrogen and oxygen atoms in total. The van der Waals surface area contributed by atoms with Gasteiger partial charge in [0.1, 0.15) is 4.83 Å². The Morgan fingerprint density at radius 3 is 2.93 bits per heavy atom. The largest absolute Gasteiger partial charge is 0.419 e. The number of nitrogens with zero attached hydrogens (tertiary/aromatic N) is 4. The van der Waals surface area contributed by atoms with Gasteiger partial charge in [0.15, 0.2) is 5.58 Å². The molecule has 148 valence electrons. The Morgan fingerprint density at radius 2 is 2.10 bits per heavy atom. The third-order valence-corrected chi connectivity index (χ3v) is 6.53. The third kappa shape index (κ3) is 2.87. The summed E-state index contributed by atoms with van der Waals surface area (Å²) >= 11 is 1.60. The highest BCUT2D eigenvalue weighted by atomic mass is 32.1. The van der Waals surface area contributed by atoms with Crippen molar-refractivity contribution in [3.05, 3.63) is 66.0 Å². The maximum Gasteiger partial charge on any atom is 0.419 e. The smallest absolute Gasteiger partial charge is 0.408 e. The van der Waals surface area contributed by atoms with Gasteiger partial charge >= 0.3 is 5.76 Å². The number of oxazole rings is 1. The SMILES string of the molecule is O=c1c2c3c(sc2ncn1CCCn1c(=O)oc2ccc([N+](=O)[O-])cc21)CCC3. The van der Waals surface area contributed by atoms with E-state index in [0.717, 1.165) is 35.0 Å². The van der Waals surface area contributed by atoms with E-state index in [1.165, 1.54) is 27.6 Å². The second-order valence-electron chi connectivity index (χ2n) is 7.06. The Morgan fingerprint density at radius 1 is 1.24 bits per heavy atom. The lowest BCUT2D eigenvalue weighted by atomic mass is 10.2. The molecule has 1 aliphatic rings. The molecular weight excluding hydrogens is 396 g/mol.